The molecule has 1 aliphatic rings. The molecule has 0 atom stereocenters. The molecule has 0 saturated heterocycles. The highest BCUT2D eigenvalue weighted by Crippen LogP contribution is 2.38. The maximum Gasteiger partial charge on any atom is 0.341 e. The third kappa shape index (κ3) is 5.36. The van der Waals surface area contributed by atoms with Crippen molar-refractivity contribution in [2.24, 2.45) is 0 Å². The monoisotopic (exact) mass is 434 g/mol. The minimum atomic E-state index is -0.438. The molecule has 1 amide bonds. The van der Waals surface area contributed by atoms with Crippen LogP contribution in [-0.4, -0.2) is 29.2 Å². The first-order chi connectivity index (χ1) is 14.0. The summed E-state index contributed by atoms with van der Waals surface area (Å²) < 4.78 is 5.20. The fraction of sp³-hybridized carbons (Fsp3) is 0.400. The molecular weight excluding hydrogens is 412 g/mol. The van der Waals surface area contributed by atoms with E-state index in [1.54, 1.807) is 19.1 Å². The van der Waals surface area contributed by atoms with Gasteiger partial charge in [0.1, 0.15) is 5.00 Å². The van der Waals surface area contributed by atoms with E-state index in [0.29, 0.717) is 22.9 Å². The molecule has 0 saturated carbocycles. The number of anilines is 1. The maximum atomic E-state index is 12.4. The van der Waals surface area contributed by atoms with E-state index in [1.165, 1.54) is 35.2 Å². The van der Waals surface area contributed by atoms with Gasteiger partial charge in [0.25, 0.3) is 5.69 Å². The third-order valence-electron chi connectivity index (χ3n) is 4.55. The fourth-order valence-corrected chi connectivity index (χ4v) is 5.29. The molecule has 2 aromatic rings. The number of nitrogens with one attached hydrogen (secondary N) is 1. The Labute approximate surface area is 177 Å². The summed E-state index contributed by atoms with van der Waals surface area (Å²) in [5.74, 6) is 0.237. The number of amides is 1. The zero-order valence-corrected chi connectivity index (χ0v) is 17.7. The normalized spacial score (nSPS) is 12.9. The molecule has 1 aromatic carbocycles. The first kappa shape index (κ1) is 21.3. The van der Waals surface area contributed by atoms with Gasteiger partial charge in [0.2, 0.25) is 5.91 Å². The van der Waals surface area contributed by atoms with Gasteiger partial charge in [-0.1, -0.05) is 12.1 Å². The van der Waals surface area contributed by atoms with Crippen molar-refractivity contribution in [3.05, 3.63) is 55.9 Å². The number of fused-ring (bicyclic) bond motifs is 1. The van der Waals surface area contributed by atoms with Gasteiger partial charge in [-0.25, -0.2) is 4.79 Å². The van der Waals surface area contributed by atoms with Crippen LogP contribution in [0.2, 0.25) is 0 Å². The molecule has 3 rings (SSSR count). The maximum absolute atomic E-state index is 12.4. The SMILES string of the molecule is CCOC(=O)c1c(NC(=O)CSCc2ccc([N+](=O)[O-])cc2)sc2c1CCCC2. The molecule has 29 heavy (non-hydrogen) atoms. The molecule has 1 aromatic heterocycles. The summed E-state index contributed by atoms with van der Waals surface area (Å²) in [6.45, 7) is 2.06. The summed E-state index contributed by atoms with van der Waals surface area (Å²) in [6.07, 6.45) is 3.89. The molecule has 0 unspecified atom stereocenters. The summed E-state index contributed by atoms with van der Waals surface area (Å²) in [4.78, 5) is 36.3. The Hall–Kier alpha value is -2.39. The zero-order chi connectivity index (χ0) is 20.8. The Bertz CT molecular complexity index is 908. The fourth-order valence-electron chi connectivity index (χ4n) is 3.21. The van der Waals surface area contributed by atoms with Crippen molar-refractivity contribution < 1.29 is 19.2 Å². The van der Waals surface area contributed by atoms with Crippen LogP contribution in [-0.2, 0) is 28.1 Å². The molecule has 0 aliphatic heterocycles. The number of benzene rings is 1. The number of esters is 1. The van der Waals surface area contributed by atoms with E-state index in [-0.39, 0.29) is 23.3 Å². The lowest BCUT2D eigenvalue weighted by Crippen LogP contribution is -2.17. The van der Waals surface area contributed by atoms with Crippen LogP contribution in [0.4, 0.5) is 10.7 Å². The van der Waals surface area contributed by atoms with E-state index < -0.39 is 4.92 Å². The van der Waals surface area contributed by atoms with Gasteiger partial charge in [-0.05, 0) is 43.7 Å². The summed E-state index contributed by atoms with van der Waals surface area (Å²) in [7, 11) is 0. The second-order valence-corrected chi connectivity index (χ2v) is 8.69. The lowest BCUT2D eigenvalue weighted by molar-refractivity contribution is -0.384. The quantitative estimate of drug-likeness (QED) is 0.371. The number of hydrogen-bond acceptors (Lipinski definition) is 7. The molecule has 154 valence electrons. The van der Waals surface area contributed by atoms with Crippen LogP contribution in [0.15, 0.2) is 24.3 Å². The largest absolute Gasteiger partial charge is 0.462 e. The van der Waals surface area contributed by atoms with Crippen LogP contribution < -0.4 is 5.32 Å². The Kier molecular flexibility index (Phi) is 7.27. The van der Waals surface area contributed by atoms with E-state index in [9.17, 15) is 19.7 Å². The van der Waals surface area contributed by atoms with Crippen molar-refractivity contribution in [2.45, 2.75) is 38.4 Å². The second-order valence-electron chi connectivity index (χ2n) is 6.60. The molecule has 0 fully saturated rings. The Morgan fingerprint density at radius 1 is 1.24 bits per heavy atom. The van der Waals surface area contributed by atoms with E-state index >= 15 is 0 Å². The number of hydrogen-bond donors (Lipinski definition) is 1. The first-order valence-electron chi connectivity index (χ1n) is 9.42. The van der Waals surface area contributed by atoms with Gasteiger partial charge >= 0.3 is 5.97 Å². The molecule has 0 bridgehead atoms. The molecule has 7 nitrogen and oxygen atoms in total. The number of thioether (sulfide) groups is 1. The summed E-state index contributed by atoms with van der Waals surface area (Å²) in [6, 6.07) is 6.29. The Balaban J connectivity index is 1.60. The number of nitro benzene ring substituents is 1. The number of ether oxygens (including phenoxy) is 1. The number of thiophene rings is 1. The summed E-state index contributed by atoms with van der Waals surface area (Å²) in [5, 5.41) is 14.2. The van der Waals surface area contributed by atoms with Crippen LogP contribution in [0.3, 0.4) is 0 Å². The highest BCUT2D eigenvalue weighted by atomic mass is 32.2. The number of aryl methyl sites for hydroxylation is 1. The van der Waals surface area contributed by atoms with Gasteiger partial charge < -0.3 is 10.1 Å². The van der Waals surface area contributed by atoms with E-state index in [1.807, 2.05) is 0 Å². The lowest BCUT2D eigenvalue weighted by Gasteiger charge is -2.12. The van der Waals surface area contributed by atoms with Crippen LogP contribution >= 0.6 is 23.1 Å². The Morgan fingerprint density at radius 2 is 1.97 bits per heavy atom. The van der Waals surface area contributed by atoms with E-state index in [0.717, 1.165) is 41.7 Å². The van der Waals surface area contributed by atoms with Gasteiger partial charge in [0.15, 0.2) is 0 Å². The van der Waals surface area contributed by atoms with E-state index in [2.05, 4.69) is 5.32 Å². The van der Waals surface area contributed by atoms with Crippen molar-refractivity contribution in [1.82, 2.24) is 0 Å². The van der Waals surface area contributed by atoms with Crippen LogP contribution in [0.1, 0.15) is 46.1 Å². The average molecular weight is 435 g/mol. The second kappa shape index (κ2) is 9.89. The molecule has 0 spiro atoms. The third-order valence-corrected chi connectivity index (χ3v) is 6.76. The predicted molar refractivity (Wildman–Crippen MR) is 115 cm³/mol. The van der Waals surface area contributed by atoms with Gasteiger partial charge in [-0.15, -0.1) is 23.1 Å². The van der Waals surface area contributed by atoms with Gasteiger partial charge in [0, 0.05) is 22.8 Å². The van der Waals surface area contributed by atoms with Crippen molar-refractivity contribution in [3.63, 3.8) is 0 Å². The van der Waals surface area contributed by atoms with E-state index in [4.69, 9.17) is 4.74 Å². The topological polar surface area (TPSA) is 98.5 Å². The molecule has 1 aliphatic carbocycles. The highest BCUT2D eigenvalue weighted by Gasteiger charge is 2.27. The number of nitro groups is 1. The van der Waals surface area contributed by atoms with Crippen molar-refractivity contribution in [2.75, 3.05) is 17.7 Å². The molecule has 9 heteroatoms. The standard InChI is InChI=1S/C20H22N2O5S2/c1-2-27-20(24)18-15-5-3-4-6-16(15)29-19(18)21-17(23)12-28-11-13-7-9-14(10-8-13)22(25)26/h7-10H,2-6,11-12H2,1H3,(H,21,23). The van der Waals surface area contributed by atoms with Crippen LogP contribution in [0.5, 0.6) is 0 Å². The average Bonchev–Trinajstić information content (AvgIpc) is 3.06. The first-order valence-corrected chi connectivity index (χ1v) is 11.4. The summed E-state index contributed by atoms with van der Waals surface area (Å²) >= 11 is 2.89. The van der Waals surface area contributed by atoms with Gasteiger partial charge in [-0.2, -0.15) is 0 Å². The minimum absolute atomic E-state index is 0.0460. The van der Waals surface area contributed by atoms with Gasteiger partial charge in [0.05, 0.1) is 22.8 Å². The molecular formula is C20H22N2O5S2. The molecule has 1 heterocycles. The number of carbonyl (C=O) groups excluding carboxylic acids is 2. The van der Waals surface area contributed by atoms with Crippen molar-refractivity contribution in [3.8, 4) is 0 Å². The van der Waals surface area contributed by atoms with Crippen molar-refractivity contribution in [1.29, 1.82) is 0 Å². The van der Waals surface area contributed by atoms with Crippen LogP contribution in [0, 0.1) is 10.1 Å². The lowest BCUT2D eigenvalue weighted by atomic mass is 9.95. The zero-order valence-electron chi connectivity index (χ0n) is 16.1. The number of non-ortho nitro benzene ring substituents is 1. The Morgan fingerprint density at radius 3 is 2.66 bits per heavy atom. The van der Waals surface area contributed by atoms with Gasteiger partial charge in [-0.3, -0.25) is 14.9 Å². The number of carbonyl (C=O) groups is 2. The smallest absolute Gasteiger partial charge is 0.341 e. The number of nitrogens with zero attached hydrogens (tertiary/aromatic N) is 1. The highest BCUT2D eigenvalue weighted by molar-refractivity contribution is 7.99. The number of rotatable bonds is 8. The minimum Gasteiger partial charge on any atom is -0.462 e. The molecule has 1 N–H and O–H groups in total. The van der Waals surface area contributed by atoms with Crippen LogP contribution in [0.25, 0.3) is 0 Å². The van der Waals surface area contributed by atoms with Crippen molar-refractivity contribution >= 4 is 45.7 Å². The molecule has 0 radical (unpaired) electrons. The summed E-state index contributed by atoms with van der Waals surface area (Å²) in [5.41, 5.74) is 2.49. The predicted octanol–water partition coefficient (Wildman–Crippen LogP) is 4.58.